The molecule has 0 saturated carbocycles. The highest BCUT2D eigenvalue weighted by atomic mass is 19.1. The van der Waals surface area contributed by atoms with Gasteiger partial charge in [-0.15, -0.1) is 0 Å². The highest BCUT2D eigenvalue weighted by Crippen LogP contribution is 2.51. The Bertz CT molecular complexity index is 4800. The van der Waals surface area contributed by atoms with Gasteiger partial charge in [-0.3, -0.25) is 0 Å². The quantitative estimate of drug-likeness (QED) is 0.0889. The van der Waals surface area contributed by atoms with Crippen molar-refractivity contribution < 1.29 is 26.3 Å². The Morgan fingerprint density at radius 2 is 0.512 bits per heavy atom. The van der Waals surface area contributed by atoms with Crippen molar-refractivity contribution in [2.24, 2.45) is 0 Å². The predicted molar refractivity (Wildman–Crippen MR) is 332 cm³/mol. The van der Waals surface area contributed by atoms with Gasteiger partial charge in [0.15, 0.2) is 0 Å². The normalized spacial score (nSPS) is 11.5. The number of hydrogen-bond donors (Lipinski definition) is 0. The van der Waals surface area contributed by atoms with E-state index >= 15 is 26.3 Å². The zero-order valence-corrected chi connectivity index (χ0v) is 44.7. The lowest BCUT2D eigenvalue weighted by molar-refractivity contribution is 0.619. The van der Waals surface area contributed by atoms with E-state index in [1.165, 1.54) is 42.5 Å². The van der Waals surface area contributed by atoms with Crippen molar-refractivity contribution in [3.8, 4) is 66.8 Å². The molecule has 0 fully saturated rings. The lowest BCUT2D eigenvalue weighted by Gasteiger charge is -2.30. The van der Waals surface area contributed by atoms with Crippen LogP contribution in [0.1, 0.15) is 0 Å². The van der Waals surface area contributed by atoms with E-state index in [0.717, 1.165) is 38.4 Å². The molecule has 402 valence electrons. The van der Waals surface area contributed by atoms with Crippen LogP contribution >= 0.6 is 0 Å². The van der Waals surface area contributed by atoms with E-state index in [4.69, 9.17) is 0 Å². The maximum atomic E-state index is 17.3. The van der Waals surface area contributed by atoms with Crippen LogP contribution < -0.4 is 9.80 Å². The first-order valence-electron chi connectivity index (χ1n) is 27.4. The standard InChI is InChI=1S/C76H46F6N2/c77-63-34-24-53(47-13-5-1-6-14-47)41-62(63)58-28-38-67(81)74(46-58)84(72-44-56(26-36-65(72)79)49-17-9-3-10-18-49)70-40-30-52-21-32-60-69(39-29-51-22-33-61(70)76(52)75(51)60)83(71-43-55(25-35-64(71)78)48-15-7-2-8-16-48)73-45-57(27-37-66(73)80)54-23-31-59(68(82)42-54)50-19-11-4-12-20-50/h1-46H. The van der Waals surface area contributed by atoms with Crippen molar-refractivity contribution in [3.63, 3.8) is 0 Å². The van der Waals surface area contributed by atoms with Gasteiger partial charge in [-0.05, 0) is 156 Å². The van der Waals surface area contributed by atoms with E-state index in [2.05, 4.69) is 0 Å². The molecule has 14 rings (SSSR count). The molecule has 0 spiro atoms. The summed E-state index contributed by atoms with van der Waals surface area (Å²) in [4.78, 5) is 3.13. The first-order valence-corrected chi connectivity index (χ1v) is 27.4. The molecule has 8 heteroatoms. The van der Waals surface area contributed by atoms with Crippen molar-refractivity contribution in [2.45, 2.75) is 0 Å². The topological polar surface area (TPSA) is 6.48 Å². The van der Waals surface area contributed by atoms with Gasteiger partial charge in [-0.2, -0.15) is 0 Å². The second-order valence-electron chi connectivity index (χ2n) is 20.8. The molecule has 2 nitrogen and oxygen atoms in total. The van der Waals surface area contributed by atoms with E-state index in [9.17, 15) is 0 Å². The predicted octanol–water partition coefficient (Wildman–Crippen LogP) is 22.4. The zero-order valence-electron chi connectivity index (χ0n) is 44.7. The molecule has 0 radical (unpaired) electrons. The fourth-order valence-electron chi connectivity index (χ4n) is 11.7. The van der Waals surface area contributed by atoms with E-state index < -0.39 is 34.9 Å². The van der Waals surface area contributed by atoms with Crippen LogP contribution in [-0.4, -0.2) is 0 Å². The van der Waals surface area contributed by atoms with Crippen LogP contribution in [0.3, 0.4) is 0 Å². The van der Waals surface area contributed by atoms with Gasteiger partial charge < -0.3 is 9.80 Å². The van der Waals surface area contributed by atoms with Crippen molar-refractivity contribution in [1.29, 1.82) is 0 Å². The van der Waals surface area contributed by atoms with Gasteiger partial charge in [0.1, 0.15) is 34.9 Å². The minimum absolute atomic E-state index is 0.000857. The monoisotopic (exact) mass is 1100 g/mol. The van der Waals surface area contributed by atoms with Crippen molar-refractivity contribution >= 4 is 66.4 Å². The Labute approximate surface area is 481 Å². The van der Waals surface area contributed by atoms with Crippen molar-refractivity contribution in [1.82, 2.24) is 0 Å². The lowest BCUT2D eigenvalue weighted by Crippen LogP contribution is -2.15. The SMILES string of the molecule is Fc1cc(-c2ccc(F)c(N(c3cc(-c4ccccc4)ccc3F)c3ccc4ccc5c(N(c6cc(-c7ccccc7)ccc6F)c6cc(-c7cc(-c8ccccc8)ccc7F)ccc6F)ccc6ccc3c4c65)c2)ccc1-c1ccccc1. The number of nitrogens with zero attached hydrogens (tertiary/aromatic N) is 2. The number of hydrogen-bond acceptors (Lipinski definition) is 2. The van der Waals surface area contributed by atoms with Gasteiger partial charge >= 0.3 is 0 Å². The molecule has 0 bridgehead atoms. The van der Waals surface area contributed by atoms with E-state index in [0.29, 0.717) is 66.5 Å². The molecule has 0 unspecified atom stereocenters. The smallest absolute Gasteiger partial charge is 0.147 e. The van der Waals surface area contributed by atoms with Gasteiger partial charge in [-0.1, -0.05) is 200 Å². The van der Waals surface area contributed by atoms with Crippen molar-refractivity contribution in [3.05, 3.63) is 314 Å². The first kappa shape index (κ1) is 51.4. The number of rotatable bonds is 12. The van der Waals surface area contributed by atoms with E-state index in [1.54, 1.807) is 76.5 Å². The summed E-state index contributed by atoms with van der Waals surface area (Å²) < 4.78 is 101. The molecule has 0 atom stereocenters. The molecule has 0 saturated heterocycles. The molecule has 0 amide bonds. The summed E-state index contributed by atoms with van der Waals surface area (Å²) in [6.45, 7) is 0. The van der Waals surface area contributed by atoms with Gasteiger partial charge in [0.2, 0.25) is 0 Å². The molecule has 84 heavy (non-hydrogen) atoms. The van der Waals surface area contributed by atoms with Gasteiger partial charge in [-0.25, -0.2) is 26.3 Å². The molecule has 0 aliphatic carbocycles. The average molecular weight is 1100 g/mol. The summed E-state index contributed by atoms with van der Waals surface area (Å²) in [6, 6.07) is 81.0. The third-order valence-corrected chi connectivity index (χ3v) is 15.8. The lowest BCUT2D eigenvalue weighted by atomic mass is 9.91. The van der Waals surface area contributed by atoms with E-state index in [-0.39, 0.29) is 28.3 Å². The first-order chi connectivity index (χ1) is 41.1. The van der Waals surface area contributed by atoms with Gasteiger partial charge in [0.05, 0.1) is 34.1 Å². The summed E-state index contributed by atoms with van der Waals surface area (Å²) >= 11 is 0. The molecule has 0 heterocycles. The van der Waals surface area contributed by atoms with Gasteiger partial charge in [0.25, 0.3) is 0 Å². The Morgan fingerprint density at radius 3 is 0.929 bits per heavy atom. The summed E-state index contributed by atoms with van der Waals surface area (Å²) in [7, 11) is 0. The third kappa shape index (κ3) is 9.24. The van der Waals surface area contributed by atoms with Crippen LogP contribution in [0.25, 0.3) is 99.1 Å². The van der Waals surface area contributed by atoms with Crippen LogP contribution in [0.4, 0.5) is 60.5 Å². The van der Waals surface area contributed by atoms with E-state index in [1.807, 2.05) is 170 Å². The summed E-state index contributed by atoms with van der Waals surface area (Å²) in [5.41, 5.74) is 8.15. The fraction of sp³-hybridized carbons (Fsp3) is 0. The maximum Gasteiger partial charge on any atom is 0.147 e. The van der Waals surface area contributed by atoms with Gasteiger partial charge in [0, 0.05) is 21.9 Å². The largest absolute Gasteiger partial charge is 0.304 e. The summed E-state index contributed by atoms with van der Waals surface area (Å²) in [6.07, 6.45) is 0. The maximum absolute atomic E-state index is 17.3. The van der Waals surface area contributed by atoms with Crippen molar-refractivity contribution in [2.75, 3.05) is 9.80 Å². The average Bonchev–Trinajstić information content (AvgIpc) is 3.50. The second-order valence-corrected chi connectivity index (χ2v) is 20.8. The molecule has 14 aromatic rings. The number of halogens is 6. The minimum atomic E-state index is -0.689. The van der Waals surface area contributed by atoms with Crippen LogP contribution in [0.2, 0.25) is 0 Å². The molecular formula is C76H46F6N2. The number of benzene rings is 14. The zero-order chi connectivity index (χ0) is 57.0. The number of anilines is 6. The van der Waals surface area contributed by atoms with Crippen LogP contribution in [0, 0.1) is 34.9 Å². The Hall–Kier alpha value is -10.7. The summed E-state index contributed by atoms with van der Waals surface area (Å²) in [5, 5.41) is 4.23. The third-order valence-electron chi connectivity index (χ3n) is 15.8. The minimum Gasteiger partial charge on any atom is -0.304 e. The highest BCUT2D eigenvalue weighted by Gasteiger charge is 2.28. The molecule has 14 aromatic carbocycles. The Balaban J connectivity index is 0.990. The van der Waals surface area contributed by atoms with Crippen LogP contribution in [0.15, 0.2) is 279 Å². The highest BCUT2D eigenvalue weighted by molar-refractivity contribution is 6.28. The van der Waals surface area contributed by atoms with Crippen LogP contribution in [-0.2, 0) is 0 Å². The second kappa shape index (κ2) is 21.3. The summed E-state index contributed by atoms with van der Waals surface area (Å²) in [5.74, 6) is -3.60. The molecule has 0 aromatic heterocycles. The Morgan fingerprint density at radius 1 is 0.190 bits per heavy atom. The fourth-order valence-corrected chi connectivity index (χ4v) is 11.7. The molecule has 0 aliphatic rings. The molecule has 0 aliphatic heterocycles. The van der Waals surface area contributed by atoms with Crippen LogP contribution in [0.5, 0.6) is 0 Å². The molecular weight excluding hydrogens is 1050 g/mol. The molecule has 0 N–H and O–H groups in total. The Kier molecular flexibility index (Phi) is 13.1.